The zero-order chi connectivity index (χ0) is 16.9. The minimum absolute atomic E-state index is 0.656. The molecule has 1 aliphatic rings. The SMILES string of the molecule is C=C(NCC(C)CCC)C(=C(C)C)N1C=C(C)C=C(C)C1=C. The summed E-state index contributed by atoms with van der Waals surface area (Å²) in [6, 6.07) is 0. The van der Waals surface area contributed by atoms with Crippen LogP contribution in [-0.4, -0.2) is 11.4 Å². The summed E-state index contributed by atoms with van der Waals surface area (Å²) in [7, 11) is 0. The van der Waals surface area contributed by atoms with Crippen molar-refractivity contribution in [3.05, 3.63) is 59.2 Å². The van der Waals surface area contributed by atoms with Gasteiger partial charge in [0.2, 0.25) is 0 Å². The van der Waals surface area contributed by atoms with Crippen LogP contribution in [0.2, 0.25) is 0 Å². The monoisotopic (exact) mass is 300 g/mol. The van der Waals surface area contributed by atoms with Crippen LogP contribution in [-0.2, 0) is 0 Å². The maximum atomic E-state index is 4.27. The lowest BCUT2D eigenvalue weighted by Crippen LogP contribution is -2.28. The standard InChI is InChI=1S/C20H32N2/c1-9-10-15(4)12-21-18(7)20(14(2)3)22-13-16(5)11-17(6)19(22)8/h11,13,15,21H,7-10,12H2,1-6H3. The fourth-order valence-electron chi connectivity index (χ4n) is 2.80. The maximum Gasteiger partial charge on any atom is 0.0667 e. The van der Waals surface area contributed by atoms with Crippen molar-refractivity contribution in [2.45, 2.75) is 54.4 Å². The molecule has 22 heavy (non-hydrogen) atoms. The predicted octanol–water partition coefficient (Wildman–Crippen LogP) is 5.50. The molecule has 122 valence electrons. The summed E-state index contributed by atoms with van der Waals surface area (Å²) in [5.41, 5.74) is 6.79. The molecule has 2 nitrogen and oxygen atoms in total. The lowest BCUT2D eigenvalue weighted by molar-refractivity contribution is 0.488. The maximum absolute atomic E-state index is 4.27. The van der Waals surface area contributed by atoms with Crippen molar-refractivity contribution in [1.29, 1.82) is 0 Å². The van der Waals surface area contributed by atoms with Crippen molar-refractivity contribution in [3.63, 3.8) is 0 Å². The van der Waals surface area contributed by atoms with Gasteiger partial charge in [-0.3, -0.25) is 0 Å². The molecule has 1 atom stereocenters. The van der Waals surface area contributed by atoms with Gasteiger partial charge >= 0.3 is 0 Å². The van der Waals surface area contributed by atoms with Gasteiger partial charge in [0.1, 0.15) is 0 Å². The number of allylic oxidation sites excluding steroid dienone is 4. The first-order chi connectivity index (χ1) is 10.3. The van der Waals surface area contributed by atoms with E-state index in [-0.39, 0.29) is 0 Å². The van der Waals surface area contributed by atoms with E-state index in [2.05, 4.69) is 77.2 Å². The van der Waals surface area contributed by atoms with Crippen molar-refractivity contribution in [2.75, 3.05) is 6.54 Å². The predicted molar refractivity (Wildman–Crippen MR) is 98.1 cm³/mol. The van der Waals surface area contributed by atoms with Crippen LogP contribution >= 0.6 is 0 Å². The molecule has 0 fully saturated rings. The molecule has 1 heterocycles. The summed E-state index contributed by atoms with van der Waals surface area (Å²) in [6.45, 7) is 22.4. The molecule has 1 rings (SSSR count). The van der Waals surface area contributed by atoms with Crippen LogP contribution in [0, 0.1) is 5.92 Å². The van der Waals surface area contributed by atoms with Gasteiger partial charge in [0, 0.05) is 18.4 Å². The molecule has 1 N–H and O–H groups in total. The van der Waals surface area contributed by atoms with Gasteiger partial charge in [0.25, 0.3) is 0 Å². The van der Waals surface area contributed by atoms with Gasteiger partial charge in [-0.25, -0.2) is 0 Å². The number of hydrogen-bond acceptors (Lipinski definition) is 2. The summed E-state index contributed by atoms with van der Waals surface area (Å²) in [5, 5.41) is 3.51. The highest BCUT2D eigenvalue weighted by atomic mass is 15.2. The van der Waals surface area contributed by atoms with Crippen LogP contribution in [0.3, 0.4) is 0 Å². The first-order valence-corrected chi connectivity index (χ1v) is 8.23. The Morgan fingerprint density at radius 2 is 1.95 bits per heavy atom. The number of nitrogens with zero attached hydrogens (tertiary/aromatic N) is 1. The summed E-state index contributed by atoms with van der Waals surface area (Å²) in [6.07, 6.45) is 6.77. The van der Waals surface area contributed by atoms with Gasteiger partial charge in [0.05, 0.1) is 11.4 Å². The van der Waals surface area contributed by atoms with Crippen LogP contribution in [0.15, 0.2) is 59.2 Å². The second-order valence-corrected chi connectivity index (χ2v) is 6.62. The van der Waals surface area contributed by atoms with Crippen molar-refractivity contribution >= 4 is 0 Å². The Morgan fingerprint density at radius 3 is 2.50 bits per heavy atom. The third-order valence-electron chi connectivity index (χ3n) is 3.97. The molecule has 0 spiro atoms. The fourth-order valence-corrected chi connectivity index (χ4v) is 2.80. The molecule has 0 bridgehead atoms. The number of hydrogen-bond donors (Lipinski definition) is 1. The van der Waals surface area contributed by atoms with E-state index in [4.69, 9.17) is 0 Å². The van der Waals surface area contributed by atoms with Crippen molar-refractivity contribution < 1.29 is 0 Å². The second-order valence-electron chi connectivity index (χ2n) is 6.62. The molecule has 0 aromatic heterocycles. The highest BCUT2D eigenvalue weighted by Crippen LogP contribution is 2.30. The molecule has 1 aliphatic heterocycles. The Hall–Kier alpha value is -1.70. The first-order valence-electron chi connectivity index (χ1n) is 8.23. The molecule has 0 aromatic rings. The zero-order valence-corrected chi connectivity index (χ0v) is 15.2. The first kappa shape index (κ1) is 18.3. The van der Waals surface area contributed by atoms with Gasteiger partial charge in [-0.1, -0.05) is 45.1 Å². The Morgan fingerprint density at radius 1 is 1.32 bits per heavy atom. The van der Waals surface area contributed by atoms with Crippen molar-refractivity contribution in [1.82, 2.24) is 10.2 Å². The van der Waals surface area contributed by atoms with E-state index >= 15 is 0 Å². The van der Waals surface area contributed by atoms with Gasteiger partial charge in [-0.15, -0.1) is 0 Å². The summed E-state index contributed by atoms with van der Waals surface area (Å²) in [4.78, 5) is 2.17. The largest absolute Gasteiger partial charge is 0.384 e. The molecule has 0 saturated carbocycles. The van der Waals surface area contributed by atoms with E-state index in [0.717, 1.165) is 23.6 Å². The van der Waals surface area contributed by atoms with E-state index in [1.807, 2.05) is 0 Å². The average Bonchev–Trinajstić information content (AvgIpc) is 2.42. The van der Waals surface area contributed by atoms with Crippen LogP contribution in [0.4, 0.5) is 0 Å². The van der Waals surface area contributed by atoms with Gasteiger partial charge in [-0.05, 0) is 51.2 Å². The molecule has 0 saturated heterocycles. The Bertz CT molecular complexity index is 528. The van der Waals surface area contributed by atoms with E-state index in [1.54, 1.807) is 0 Å². The fraction of sp³-hybridized carbons (Fsp3) is 0.500. The normalized spacial score (nSPS) is 15.9. The number of rotatable bonds is 7. The Labute approximate surface area is 137 Å². The van der Waals surface area contributed by atoms with Crippen molar-refractivity contribution in [3.8, 4) is 0 Å². The average molecular weight is 300 g/mol. The van der Waals surface area contributed by atoms with Crippen LogP contribution in [0.5, 0.6) is 0 Å². The highest BCUT2D eigenvalue weighted by molar-refractivity contribution is 5.45. The third-order valence-corrected chi connectivity index (χ3v) is 3.97. The van der Waals surface area contributed by atoms with Crippen LogP contribution in [0.1, 0.15) is 54.4 Å². The Balaban J connectivity index is 2.92. The van der Waals surface area contributed by atoms with Gasteiger partial charge in [0.15, 0.2) is 0 Å². The van der Waals surface area contributed by atoms with E-state index in [1.165, 1.54) is 29.6 Å². The summed E-state index contributed by atoms with van der Waals surface area (Å²) in [5.74, 6) is 0.656. The lowest BCUT2D eigenvalue weighted by atomic mass is 10.0. The molecule has 2 heteroatoms. The van der Waals surface area contributed by atoms with Crippen molar-refractivity contribution in [2.24, 2.45) is 5.92 Å². The molecule has 1 unspecified atom stereocenters. The molecular formula is C20H32N2. The third kappa shape index (κ3) is 4.66. The molecular weight excluding hydrogens is 268 g/mol. The highest BCUT2D eigenvalue weighted by Gasteiger charge is 2.19. The van der Waals surface area contributed by atoms with E-state index < -0.39 is 0 Å². The van der Waals surface area contributed by atoms with E-state index in [0.29, 0.717) is 5.92 Å². The van der Waals surface area contributed by atoms with E-state index in [9.17, 15) is 0 Å². The lowest BCUT2D eigenvalue weighted by Gasteiger charge is -2.32. The molecule has 0 aliphatic carbocycles. The summed E-state index contributed by atoms with van der Waals surface area (Å²) >= 11 is 0. The Kier molecular flexibility index (Phi) is 6.73. The molecule has 0 aromatic carbocycles. The molecule has 0 radical (unpaired) electrons. The van der Waals surface area contributed by atoms with Crippen LogP contribution in [0.25, 0.3) is 0 Å². The minimum Gasteiger partial charge on any atom is -0.384 e. The number of nitrogens with one attached hydrogen (secondary N) is 1. The van der Waals surface area contributed by atoms with Crippen LogP contribution < -0.4 is 5.32 Å². The minimum atomic E-state index is 0.656. The zero-order valence-electron chi connectivity index (χ0n) is 15.2. The topological polar surface area (TPSA) is 15.3 Å². The smallest absolute Gasteiger partial charge is 0.0667 e. The van der Waals surface area contributed by atoms with Gasteiger partial charge < -0.3 is 10.2 Å². The quantitative estimate of drug-likeness (QED) is 0.625. The second kappa shape index (κ2) is 8.07. The van der Waals surface area contributed by atoms with Gasteiger partial charge in [-0.2, -0.15) is 0 Å². The molecule has 0 amide bonds. The summed E-state index contributed by atoms with van der Waals surface area (Å²) < 4.78 is 0.